The highest BCUT2D eigenvalue weighted by molar-refractivity contribution is 5.31. The Morgan fingerprint density at radius 3 is 2.67 bits per heavy atom. The maximum absolute atomic E-state index is 12.8. The van der Waals surface area contributed by atoms with Crippen LogP contribution >= 0.6 is 0 Å². The van der Waals surface area contributed by atoms with Crippen molar-refractivity contribution in [1.29, 1.82) is 0 Å². The standard InChI is InChI=1S/C10H12FN/c1-6-4-7(2-3-9(6)11)8-5-10(8)12/h2-4,8,10H,5,12H2,1H3/t8?,10-/m1/s1. The van der Waals surface area contributed by atoms with Gasteiger partial charge in [-0.05, 0) is 30.5 Å². The number of halogens is 1. The molecule has 0 aromatic heterocycles. The van der Waals surface area contributed by atoms with Gasteiger partial charge in [0, 0.05) is 12.0 Å². The largest absolute Gasteiger partial charge is 0.327 e. The van der Waals surface area contributed by atoms with Crippen LogP contribution in [0.15, 0.2) is 18.2 Å². The predicted molar refractivity (Wildman–Crippen MR) is 46.5 cm³/mol. The Labute approximate surface area is 71.4 Å². The third-order valence-corrected chi connectivity index (χ3v) is 2.45. The lowest BCUT2D eigenvalue weighted by Crippen LogP contribution is -2.01. The Morgan fingerprint density at radius 2 is 2.17 bits per heavy atom. The molecule has 1 fully saturated rings. The molecule has 1 unspecified atom stereocenters. The van der Waals surface area contributed by atoms with E-state index in [0.717, 1.165) is 6.42 Å². The first-order chi connectivity index (χ1) is 5.68. The lowest BCUT2D eigenvalue weighted by atomic mass is 10.1. The number of nitrogens with two attached hydrogens (primary N) is 1. The van der Waals surface area contributed by atoms with Gasteiger partial charge in [-0.3, -0.25) is 0 Å². The van der Waals surface area contributed by atoms with Crippen molar-refractivity contribution in [1.82, 2.24) is 0 Å². The maximum atomic E-state index is 12.8. The molecule has 12 heavy (non-hydrogen) atoms. The fourth-order valence-corrected chi connectivity index (χ4v) is 1.50. The summed E-state index contributed by atoms with van der Waals surface area (Å²) in [7, 11) is 0. The monoisotopic (exact) mass is 165 g/mol. The van der Waals surface area contributed by atoms with Crippen LogP contribution in [0.1, 0.15) is 23.5 Å². The highest BCUT2D eigenvalue weighted by atomic mass is 19.1. The van der Waals surface area contributed by atoms with Crippen molar-refractivity contribution in [2.45, 2.75) is 25.3 Å². The van der Waals surface area contributed by atoms with E-state index in [1.807, 2.05) is 12.1 Å². The summed E-state index contributed by atoms with van der Waals surface area (Å²) in [6, 6.07) is 5.55. The summed E-state index contributed by atoms with van der Waals surface area (Å²) in [5.74, 6) is 0.345. The van der Waals surface area contributed by atoms with Crippen molar-refractivity contribution < 1.29 is 4.39 Å². The zero-order valence-electron chi connectivity index (χ0n) is 7.05. The smallest absolute Gasteiger partial charge is 0.126 e. The molecule has 1 nitrogen and oxygen atoms in total. The molecule has 1 aliphatic carbocycles. The second-order valence-corrected chi connectivity index (χ2v) is 3.51. The number of aryl methyl sites for hydroxylation is 1. The first kappa shape index (κ1) is 7.74. The molecule has 2 atom stereocenters. The molecule has 0 amide bonds. The first-order valence-electron chi connectivity index (χ1n) is 4.20. The summed E-state index contributed by atoms with van der Waals surface area (Å²) in [5.41, 5.74) is 7.59. The minimum absolute atomic E-state index is 0.132. The second-order valence-electron chi connectivity index (χ2n) is 3.51. The Hall–Kier alpha value is -0.890. The Bertz CT molecular complexity index is 309. The van der Waals surface area contributed by atoms with Crippen LogP contribution in [-0.2, 0) is 0 Å². The van der Waals surface area contributed by atoms with E-state index in [4.69, 9.17) is 5.73 Å². The zero-order valence-corrected chi connectivity index (χ0v) is 7.05. The Morgan fingerprint density at radius 1 is 1.50 bits per heavy atom. The summed E-state index contributed by atoms with van der Waals surface area (Å²) in [4.78, 5) is 0. The highest BCUT2D eigenvalue weighted by Gasteiger charge is 2.34. The molecule has 0 radical (unpaired) electrons. The van der Waals surface area contributed by atoms with Gasteiger partial charge in [-0.2, -0.15) is 0 Å². The van der Waals surface area contributed by atoms with E-state index in [-0.39, 0.29) is 5.82 Å². The van der Waals surface area contributed by atoms with Gasteiger partial charge < -0.3 is 5.73 Å². The molecule has 1 aliphatic rings. The van der Waals surface area contributed by atoms with Gasteiger partial charge in [-0.1, -0.05) is 12.1 Å². The van der Waals surface area contributed by atoms with E-state index >= 15 is 0 Å². The van der Waals surface area contributed by atoms with Crippen LogP contribution in [-0.4, -0.2) is 6.04 Å². The molecule has 1 aromatic carbocycles. The second kappa shape index (κ2) is 2.56. The zero-order chi connectivity index (χ0) is 8.72. The molecule has 1 saturated carbocycles. The summed E-state index contributed by atoms with van der Waals surface area (Å²) in [6.07, 6.45) is 1.05. The third kappa shape index (κ3) is 1.23. The van der Waals surface area contributed by atoms with Gasteiger partial charge in [0.2, 0.25) is 0 Å². The van der Waals surface area contributed by atoms with Crippen molar-refractivity contribution in [2.24, 2.45) is 5.73 Å². The van der Waals surface area contributed by atoms with E-state index in [9.17, 15) is 4.39 Å². The lowest BCUT2D eigenvalue weighted by molar-refractivity contribution is 0.617. The van der Waals surface area contributed by atoms with E-state index in [1.165, 1.54) is 11.6 Å². The fourth-order valence-electron chi connectivity index (χ4n) is 1.50. The molecule has 0 heterocycles. The summed E-state index contributed by atoms with van der Waals surface area (Å²) in [5, 5.41) is 0. The third-order valence-electron chi connectivity index (χ3n) is 2.45. The quantitative estimate of drug-likeness (QED) is 0.676. The summed E-state index contributed by atoms with van der Waals surface area (Å²) in [6.45, 7) is 1.78. The van der Waals surface area contributed by atoms with E-state index in [0.29, 0.717) is 17.5 Å². The molecule has 2 heteroatoms. The average Bonchev–Trinajstić information content (AvgIpc) is 2.73. The van der Waals surface area contributed by atoms with Crippen LogP contribution in [0, 0.1) is 12.7 Å². The van der Waals surface area contributed by atoms with Crippen LogP contribution in [0.5, 0.6) is 0 Å². The molecule has 0 saturated heterocycles. The minimum Gasteiger partial charge on any atom is -0.327 e. The van der Waals surface area contributed by atoms with Gasteiger partial charge in [-0.25, -0.2) is 4.39 Å². The van der Waals surface area contributed by atoms with Crippen LogP contribution in [0.4, 0.5) is 4.39 Å². The molecule has 64 valence electrons. The lowest BCUT2D eigenvalue weighted by Gasteiger charge is -2.00. The van der Waals surface area contributed by atoms with Gasteiger partial charge in [0.1, 0.15) is 5.82 Å². The van der Waals surface area contributed by atoms with Crippen LogP contribution in [0.2, 0.25) is 0 Å². The molecule has 2 N–H and O–H groups in total. The summed E-state index contributed by atoms with van der Waals surface area (Å²) >= 11 is 0. The van der Waals surface area contributed by atoms with Crippen molar-refractivity contribution >= 4 is 0 Å². The average molecular weight is 165 g/mol. The van der Waals surface area contributed by atoms with Crippen molar-refractivity contribution in [3.05, 3.63) is 35.1 Å². The van der Waals surface area contributed by atoms with Gasteiger partial charge in [0.15, 0.2) is 0 Å². The number of hydrogen-bond acceptors (Lipinski definition) is 1. The van der Waals surface area contributed by atoms with E-state index < -0.39 is 0 Å². The normalized spacial score (nSPS) is 27.2. The van der Waals surface area contributed by atoms with Gasteiger partial charge >= 0.3 is 0 Å². The van der Waals surface area contributed by atoms with Gasteiger partial charge in [-0.15, -0.1) is 0 Å². The van der Waals surface area contributed by atoms with Crippen molar-refractivity contribution in [3.8, 4) is 0 Å². The van der Waals surface area contributed by atoms with E-state index in [1.54, 1.807) is 6.92 Å². The van der Waals surface area contributed by atoms with Crippen molar-refractivity contribution in [2.75, 3.05) is 0 Å². The topological polar surface area (TPSA) is 26.0 Å². The molecule has 1 aromatic rings. The first-order valence-corrected chi connectivity index (χ1v) is 4.20. The van der Waals surface area contributed by atoms with Crippen LogP contribution in [0.25, 0.3) is 0 Å². The number of hydrogen-bond donors (Lipinski definition) is 1. The predicted octanol–water partition coefficient (Wildman–Crippen LogP) is 1.95. The van der Waals surface area contributed by atoms with Gasteiger partial charge in [0.25, 0.3) is 0 Å². The van der Waals surface area contributed by atoms with Crippen LogP contribution < -0.4 is 5.73 Å². The van der Waals surface area contributed by atoms with E-state index in [2.05, 4.69) is 0 Å². The number of benzene rings is 1. The summed E-state index contributed by atoms with van der Waals surface area (Å²) < 4.78 is 12.8. The minimum atomic E-state index is -0.132. The molecule has 0 spiro atoms. The molecular formula is C10H12FN. The molecule has 2 rings (SSSR count). The molecule has 0 aliphatic heterocycles. The van der Waals surface area contributed by atoms with Crippen LogP contribution in [0.3, 0.4) is 0 Å². The van der Waals surface area contributed by atoms with Crippen molar-refractivity contribution in [3.63, 3.8) is 0 Å². The fraction of sp³-hybridized carbons (Fsp3) is 0.400. The maximum Gasteiger partial charge on any atom is 0.126 e. The van der Waals surface area contributed by atoms with Gasteiger partial charge in [0.05, 0.1) is 0 Å². The highest BCUT2D eigenvalue weighted by Crippen LogP contribution is 2.39. The molecular weight excluding hydrogens is 153 g/mol. The SMILES string of the molecule is Cc1cc(C2C[C@H]2N)ccc1F. The Balaban J connectivity index is 2.29. The molecule has 0 bridgehead atoms. The Kier molecular flexibility index (Phi) is 1.65. The number of rotatable bonds is 1.